The van der Waals surface area contributed by atoms with Gasteiger partial charge in [-0.2, -0.15) is 0 Å². The van der Waals surface area contributed by atoms with Crippen LogP contribution in [-0.2, 0) is 19.1 Å². The first-order valence-corrected chi connectivity index (χ1v) is 7.52. The van der Waals surface area contributed by atoms with Crippen molar-refractivity contribution in [2.24, 2.45) is 0 Å². The van der Waals surface area contributed by atoms with Gasteiger partial charge in [0.05, 0.1) is 30.8 Å². The summed E-state index contributed by atoms with van der Waals surface area (Å²) in [6.45, 7) is 0.888. The molecule has 0 bridgehead atoms. The Labute approximate surface area is 138 Å². The van der Waals surface area contributed by atoms with Crippen molar-refractivity contribution in [2.45, 2.75) is 12.5 Å². The Morgan fingerprint density at radius 3 is 2.87 bits per heavy atom. The molecule has 124 valence electrons. The highest BCUT2D eigenvalue weighted by molar-refractivity contribution is 6.33. The average molecular weight is 340 g/mol. The van der Waals surface area contributed by atoms with Gasteiger partial charge in [0.1, 0.15) is 6.04 Å². The fourth-order valence-electron chi connectivity index (χ4n) is 2.35. The Bertz CT molecular complexity index is 608. The molecule has 2 amide bonds. The Balaban J connectivity index is 2.01. The van der Waals surface area contributed by atoms with E-state index in [2.05, 4.69) is 15.4 Å². The lowest BCUT2D eigenvalue weighted by Crippen LogP contribution is -2.57. The van der Waals surface area contributed by atoms with Crippen LogP contribution in [0.1, 0.15) is 6.42 Å². The van der Waals surface area contributed by atoms with Gasteiger partial charge < -0.3 is 15.4 Å². The summed E-state index contributed by atoms with van der Waals surface area (Å²) >= 11 is 6.00. The molecule has 1 saturated heterocycles. The van der Waals surface area contributed by atoms with Crippen molar-refractivity contribution in [3.63, 3.8) is 0 Å². The molecule has 0 saturated carbocycles. The van der Waals surface area contributed by atoms with Gasteiger partial charge in [0, 0.05) is 13.1 Å². The molecule has 1 aromatic rings. The molecule has 8 heteroatoms. The number of nitrogens with zero attached hydrogens (tertiary/aromatic N) is 1. The van der Waals surface area contributed by atoms with E-state index >= 15 is 0 Å². The monoisotopic (exact) mass is 339 g/mol. The Hall–Kier alpha value is -2.12. The highest BCUT2D eigenvalue weighted by Crippen LogP contribution is 2.20. The lowest BCUT2D eigenvalue weighted by molar-refractivity contribution is -0.146. The summed E-state index contributed by atoms with van der Waals surface area (Å²) in [6.07, 6.45) is -0.0955. The highest BCUT2D eigenvalue weighted by atomic mass is 35.5. The molecule has 7 nitrogen and oxygen atoms in total. The van der Waals surface area contributed by atoms with Crippen molar-refractivity contribution in [3.05, 3.63) is 29.3 Å². The second kappa shape index (κ2) is 7.94. The lowest BCUT2D eigenvalue weighted by Gasteiger charge is -2.33. The fraction of sp³-hybridized carbons (Fsp3) is 0.400. The number of para-hydroxylation sites is 1. The number of hydrogen-bond acceptors (Lipinski definition) is 5. The smallest absolute Gasteiger partial charge is 0.307 e. The Morgan fingerprint density at radius 1 is 1.43 bits per heavy atom. The topological polar surface area (TPSA) is 87.7 Å². The molecule has 1 heterocycles. The number of nitrogens with one attached hydrogen (secondary N) is 2. The summed E-state index contributed by atoms with van der Waals surface area (Å²) in [6, 6.07) is 6.17. The van der Waals surface area contributed by atoms with Gasteiger partial charge in [-0.1, -0.05) is 23.7 Å². The summed E-state index contributed by atoms with van der Waals surface area (Å²) in [5.41, 5.74) is 0.505. The zero-order valence-corrected chi connectivity index (χ0v) is 13.4. The number of hydrogen-bond donors (Lipinski definition) is 2. The molecule has 2 rings (SSSR count). The number of anilines is 1. The summed E-state index contributed by atoms with van der Waals surface area (Å²) < 4.78 is 4.60. The van der Waals surface area contributed by atoms with Gasteiger partial charge in [0.15, 0.2) is 0 Å². The molecule has 2 N–H and O–H groups in total. The molecule has 1 atom stereocenters. The first-order chi connectivity index (χ1) is 11.0. The molecule has 0 aliphatic carbocycles. The third kappa shape index (κ3) is 4.67. The second-order valence-corrected chi connectivity index (χ2v) is 5.49. The maximum atomic E-state index is 12.2. The van der Waals surface area contributed by atoms with Gasteiger partial charge in [-0.3, -0.25) is 19.3 Å². The van der Waals surface area contributed by atoms with E-state index in [9.17, 15) is 14.4 Å². The van der Waals surface area contributed by atoms with Gasteiger partial charge in [-0.15, -0.1) is 0 Å². The van der Waals surface area contributed by atoms with E-state index in [0.717, 1.165) is 0 Å². The van der Waals surface area contributed by atoms with Crippen molar-refractivity contribution >= 4 is 35.1 Å². The van der Waals surface area contributed by atoms with Crippen LogP contribution in [0.4, 0.5) is 5.69 Å². The second-order valence-electron chi connectivity index (χ2n) is 5.09. The van der Waals surface area contributed by atoms with E-state index in [4.69, 9.17) is 11.6 Å². The number of ether oxygens (including phenoxy) is 1. The number of piperazine rings is 1. The zero-order chi connectivity index (χ0) is 16.8. The third-order valence-corrected chi connectivity index (χ3v) is 3.85. The van der Waals surface area contributed by atoms with E-state index in [1.165, 1.54) is 7.11 Å². The zero-order valence-electron chi connectivity index (χ0n) is 12.7. The number of esters is 1. The van der Waals surface area contributed by atoms with Gasteiger partial charge in [0.25, 0.3) is 0 Å². The van der Waals surface area contributed by atoms with E-state index in [1.54, 1.807) is 29.2 Å². The van der Waals surface area contributed by atoms with Crippen molar-refractivity contribution in [1.82, 2.24) is 10.2 Å². The third-order valence-electron chi connectivity index (χ3n) is 3.52. The van der Waals surface area contributed by atoms with Crippen LogP contribution in [0.5, 0.6) is 0 Å². The van der Waals surface area contributed by atoms with Crippen LogP contribution in [0.2, 0.25) is 5.02 Å². The van der Waals surface area contributed by atoms with Crippen LogP contribution in [0, 0.1) is 0 Å². The number of amides is 2. The minimum Gasteiger partial charge on any atom is -0.469 e. The maximum Gasteiger partial charge on any atom is 0.307 e. The summed E-state index contributed by atoms with van der Waals surface area (Å²) in [5, 5.41) is 5.82. The van der Waals surface area contributed by atoms with Crippen LogP contribution in [0.15, 0.2) is 24.3 Å². The minimum absolute atomic E-state index is 0.0136. The van der Waals surface area contributed by atoms with Crippen LogP contribution in [0.25, 0.3) is 0 Å². The van der Waals surface area contributed by atoms with Crippen LogP contribution < -0.4 is 10.6 Å². The van der Waals surface area contributed by atoms with Crippen molar-refractivity contribution in [1.29, 1.82) is 0 Å². The SMILES string of the molecule is COC(=O)C[C@@H]1C(=O)NCCN1CC(=O)Nc1ccccc1Cl. The Kier molecular flexibility index (Phi) is 5.95. The summed E-state index contributed by atoms with van der Waals surface area (Å²) in [4.78, 5) is 37.2. The van der Waals surface area contributed by atoms with Crippen molar-refractivity contribution in [2.75, 3.05) is 32.1 Å². The van der Waals surface area contributed by atoms with Gasteiger partial charge in [-0.25, -0.2) is 0 Å². The van der Waals surface area contributed by atoms with Crippen LogP contribution >= 0.6 is 11.6 Å². The van der Waals surface area contributed by atoms with E-state index in [1.807, 2.05) is 0 Å². The number of carbonyl (C=O) groups excluding carboxylic acids is 3. The first kappa shape index (κ1) is 17.2. The van der Waals surface area contributed by atoms with Gasteiger partial charge in [-0.05, 0) is 12.1 Å². The van der Waals surface area contributed by atoms with Gasteiger partial charge in [0.2, 0.25) is 11.8 Å². The molecular formula is C15H18ClN3O4. The number of methoxy groups -OCH3 is 1. The summed E-state index contributed by atoms with van der Waals surface area (Å²) in [5.74, 6) is -1.08. The van der Waals surface area contributed by atoms with Crippen molar-refractivity contribution in [3.8, 4) is 0 Å². The fourth-order valence-corrected chi connectivity index (χ4v) is 2.53. The normalized spacial score (nSPS) is 18.2. The number of rotatable bonds is 5. The predicted molar refractivity (Wildman–Crippen MR) is 85.1 cm³/mol. The predicted octanol–water partition coefficient (Wildman–Crippen LogP) is 0.642. The summed E-state index contributed by atoms with van der Waals surface area (Å²) in [7, 11) is 1.26. The standard InChI is InChI=1S/C15H18ClN3O4/c1-23-14(21)8-12-15(22)17-6-7-19(12)9-13(20)18-11-5-3-2-4-10(11)16/h2-5,12H,6-9H2,1H3,(H,17,22)(H,18,20)/t12-/m1/s1. The minimum atomic E-state index is -0.715. The Morgan fingerprint density at radius 2 is 2.17 bits per heavy atom. The highest BCUT2D eigenvalue weighted by Gasteiger charge is 2.33. The number of carbonyl (C=O) groups is 3. The first-order valence-electron chi connectivity index (χ1n) is 7.14. The number of halogens is 1. The molecule has 23 heavy (non-hydrogen) atoms. The molecule has 0 unspecified atom stereocenters. The van der Waals surface area contributed by atoms with Crippen molar-refractivity contribution < 1.29 is 19.1 Å². The van der Waals surface area contributed by atoms with E-state index < -0.39 is 12.0 Å². The molecule has 0 spiro atoms. The van der Waals surface area contributed by atoms with E-state index in [0.29, 0.717) is 23.8 Å². The lowest BCUT2D eigenvalue weighted by atomic mass is 10.1. The largest absolute Gasteiger partial charge is 0.469 e. The molecule has 0 radical (unpaired) electrons. The molecule has 1 aliphatic rings. The molecule has 1 aromatic carbocycles. The molecule has 1 fully saturated rings. The quantitative estimate of drug-likeness (QED) is 0.769. The van der Waals surface area contributed by atoms with Crippen LogP contribution in [0.3, 0.4) is 0 Å². The molecular weight excluding hydrogens is 322 g/mol. The number of benzene rings is 1. The molecule has 1 aliphatic heterocycles. The van der Waals surface area contributed by atoms with Gasteiger partial charge >= 0.3 is 5.97 Å². The maximum absolute atomic E-state index is 12.2. The average Bonchev–Trinajstić information content (AvgIpc) is 2.52. The van der Waals surface area contributed by atoms with E-state index in [-0.39, 0.29) is 24.8 Å². The molecule has 0 aromatic heterocycles. The van der Waals surface area contributed by atoms with Crippen LogP contribution in [-0.4, -0.2) is 55.5 Å².